The number of hydrogen-bond acceptors (Lipinski definition) is 6. The molecule has 1 aliphatic rings. The van der Waals surface area contributed by atoms with Crippen LogP contribution in [0.1, 0.15) is 27.2 Å². The lowest BCUT2D eigenvalue weighted by Gasteiger charge is -2.35. The van der Waals surface area contributed by atoms with Gasteiger partial charge in [0.25, 0.3) is 11.6 Å². The van der Waals surface area contributed by atoms with Crippen molar-refractivity contribution in [1.29, 1.82) is 5.26 Å². The molecule has 0 saturated carbocycles. The molecule has 0 radical (unpaired) electrons. The van der Waals surface area contributed by atoms with Crippen molar-refractivity contribution < 1.29 is 13.7 Å². The lowest BCUT2D eigenvalue weighted by molar-refractivity contribution is 0.0630. The highest BCUT2D eigenvalue weighted by Crippen LogP contribution is 2.28. The molecule has 1 aliphatic heterocycles. The van der Waals surface area contributed by atoms with Crippen molar-refractivity contribution in [3.63, 3.8) is 0 Å². The molecule has 7 nitrogen and oxygen atoms in total. The van der Waals surface area contributed by atoms with E-state index in [0.29, 0.717) is 52.3 Å². The molecule has 4 aromatic rings. The van der Waals surface area contributed by atoms with Crippen LogP contribution in [0.25, 0.3) is 22.4 Å². The molecule has 0 bridgehead atoms. The minimum Gasteiger partial charge on any atom is -0.336 e. The maximum absolute atomic E-state index is 13.6. The van der Waals surface area contributed by atoms with Gasteiger partial charge >= 0.3 is 0 Å². The Morgan fingerprint density at radius 3 is 2.47 bits per heavy atom. The molecule has 0 N–H and O–H groups in total. The van der Waals surface area contributed by atoms with Gasteiger partial charge in [-0.15, -0.1) is 0 Å². The number of aromatic nitrogens is 2. The summed E-state index contributed by atoms with van der Waals surface area (Å²) in [6.07, 6.45) is 0. The predicted octanol–water partition coefficient (Wildman–Crippen LogP) is 4.17. The summed E-state index contributed by atoms with van der Waals surface area (Å²) in [5, 5.41) is 13.6. The van der Waals surface area contributed by atoms with Crippen LogP contribution in [0, 0.1) is 24.1 Å². The molecule has 34 heavy (non-hydrogen) atoms. The highest BCUT2D eigenvalue weighted by atomic mass is 19.1. The minimum absolute atomic E-state index is 0.0971. The summed E-state index contributed by atoms with van der Waals surface area (Å²) in [4.78, 5) is 22.2. The van der Waals surface area contributed by atoms with E-state index in [1.807, 2.05) is 29.2 Å². The number of nitrogens with zero attached hydrogens (tertiary/aromatic N) is 5. The molecule has 0 aliphatic carbocycles. The van der Waals surface area contributed by atoms with Crippen molar-refractivity contribution in [2.45, 2.75) is 13.5 Å². The van der Waals surface area contributed by atoms with Crippen LogP contribution < -0.4 is 0 Å². The summed E-state index contributed by atoms with van der Waals surface area (Å²) in [5.41, 5.74) is 4.40. The molecular weight excluding hydrogens is 433 g/mol. The molecule has 0 unspecified atom stereocenters. The Bertz CT molecular complexity index is 1380. The van der Waals surface area contributed by atoms with E-state index < -0.39 is 0 Å². The molecule has 8 heteroatoms. The first kappa shape index (κ1) is 21.7. The smallest absolute Gasteiger partial charge is 0.259 e. The average molecular weight is 455 g/mol. The SMILES string of the molecule is Cc1noc2nc(-c3ccc(F)cc3)cc(C(=O)N3CCN(Cc4ccc(C#N)cc4)CC3)c12. The fourth-order valence-corrected chi connectivity index (χ4v) is 4.25. The standard InChI is InChI=1S/C26H22FN5O2/c1-17-24-22(14-23(29-25(24)34-30-17)20-6-8-21(27)9-7-20)26(33)32-12-10-31(11-13-32)16-19-4-2-18(15-28)3-5-19/h2-9,14H,10-13,16H2,1H3. The molecule has 1 fully saturated rings. The number of halogens is 1. The van der Waals surface area contributed by atoms with Crippen LogP contribution in [-0.4, -0.2) is 52.0 Å². The summed E-state index contributed by atoms with van der Waals surface area (Å²) >= 11 is 0. The molecule has 3 heterocycles. The maximum Gasteiger partial charge on any atom is 0.259 e. The minimum atomic E-state index is -0.337. The van der Waals surface area contributed by atoms with Crippen LogP contribution in [0.5, 0.6) is 0 Å². The first-order valence-corrected chi connectivity index (χ1v) is 11.1. The fraction of sp³-hybridized carbons (Fsp3) is 0.231. The number of carbonyl (C=O) groups is 1. The van der Waals surface area contributed by atoms with Gasteiger partial charge in [-0.05, 0) is 55.0 Å². The van der Waals surface area contributed by atoms with Crippen LogP contribution in [0.4, 0.5) is 4.39 Å². The second kappa shape index (κ2) is 9.04. The number of pyridine rings is 1. The molecule has 5 rings (SSSR count). The number of amides is 1. The fourth-order valence-electron chi connectivity index (χ4n) is 4.25. The largest absolute Gasteiger partial charge is 0.336 e. The van der Waals surface area contributed by atoms with Gasteiger partial charge in [-0.2, -0.15) is 5.26 Å². The molecular formula is C26H22FN5O2. The van der Waals surface area contributed by atoms with Gasteiger partial charge in [0.2, 0.25) is 0 Å². The van der Waals surface area contributed by atoms with Crippen LogP contribution in [0.15, 0.2) is 59.1 Å². The summed E-state index contributed by atoms with van der Waals surface area (Å²) in [6, 6.07) is 17.4. The van der Waals surface area contributed by atoms with Crippen LogP contribution in [0.2, 0.25) is 0 Å². The molecule has 0 spiro atoms. The van der Waals surface area contributed by atoms with E-state index in [1.165, 1.54) is 12.1 Å². The van der Waals surface area contributed by atoms with E-state index >= 15 is 0 Å². The van der Waals surface area contributed by atoms with Crippen LogP contribution in [-0.2, 0) is 6.54 Å². The second-order valence-electron chi connectivity index (χ2n) is 8.39. The zero-order valence-electron chi connectivity index (χ0n) is 18.7. The zero-order valence-corrected chi connectivity index (χ0v) is 18.7. The van der Waals surface area contributed by atoms with Gasteiger partial charge in [-0.3, -0.25) is 9.69 Å². The number of piperazine rings is 1. The first-order valence-electron chi connectivity index (χ1n) is 11.1. The monoisotopic (exact) mass is 455 g/mol. The van der Waals surface area contributed by atoms with E-state index in [4.69, 9.17) is 9.78 Å². The van der Waals surface area contributed by atoms with Crippen LogP contribution >= 0.6 is 0 Å². The van der Waals surface area contributed by atoms with Crippen molar-refractivity contribution in [3.05, 3.63) is 82.8 Å². The van der Waals surface area contributed by atoms with Gasteiger partial charge < -0.3 is 9.42 Å². The summed E-state index contributed by atoms with van der Waals surface area (Å²) in [5.74, 6) is -0.435. The van der Waals surface area contributed by atoms with E-state index in [2.05, 4.69) is 21.1 Å². The molecule has 0 atom stereocenters. The van der Waals surface area contributed by atoms with Crippen molar-refractivity contribution in [2.24, 2.45) is 0 Å². The quantitative estimate of drug-likeness (QED) is 0.459. The summed E-state index contributed by atoms with van der Waals surface area (Å²) in [6.45, 7) is 5.23. The molecule has 2 aromatic heterocycles. The maximum atomic E-state index is 13.6. The highest BCUT2D eigenvalue weighted by molar-refractivity contribution is 6.07. The molecule has 1 amide bonds. The predicted molar refractivity (Wildman–Crippen MR) is 124 cm³/mol. The third-order valence-electron chi connectivity index (χ3n) is 6.14. The van der Waals surface area contributed by atoms with Crippen LogP contribution in [0.3, 0.4) is 0 Å². The lowest BCUT2D eigenvalue weighted by Crippen LogP contribution is -2.48. The second-order valence-corrected chi connectivity index (χ2v) is 8.39. The van der Waals surface area contributed by atoms with Crippen molar-refractivity contribution in [2.75, 3.05) is 26.2 Å². The first-order chi connectivity index (χ1) is 16.5. The van der Waals surface area contributed by atoms with Gasteiger partial charge in [0.05, 0.1) is 34.0 Å². The normalized spacial score (nSPS) is 14.3. The number of fused-ring (bicyclic) bond motifs is 1. The Morgan fingerprint density at radius 1 is 1.09 bits per heavy atom. The Balaban J connectivity index is 1.35. The molecule has 1 saturated heterocycles. The highest BCUT2D eigenvalue weighted by Gasteiger charge is 2.26. The van der Waals surface area contributed by atoms with Gasteiger partial charge in [0, 0.05) is 38.3 Å². The number of hydrogen-bond donors (Lipinski definition) is 0. The number of rotatable bonds is 4. The van der Waals surface area contributed by atoms with Gasteiger partial charge in [0.15, 0.2) is 0 Å². The van der Waals surface area contributed by atoms with Gasteiger partial charge in [-0.1, -0.05) is 17.3 Å². The van der Waals surface area contributed by atoms with Crippen molar-refractivity contribution in [1.82, 2.24) is 19.9 Å². The summed E-state index contributed by atoms with van der Waals surface area (Å²) in [7, 11) is 0. The van der Waals surface area contributed by atoms with E-state index in [-0.39, 0.29) is 11.7 Å². The Hall–Kier alpha value is -4.09. The van der Waals surface area contributed by atoms with Gasteiger partial charge in [-0.25, -0.2) is 9.37 Å². The number of benzene rings is 2. The average Bonchev–Trinajstić information content (AvgIpc) is 3.25. The van der Waals surface area contributed by atoms with E-state index in [9.17, 15) is 9.18 Å². The van der Waals surface area contributed by atoms with E-state index in [1.54, 1.807) is 25.1 Å². The molecule has 2 aromatic carbocycles. The van der Waals surface area contributed by atoms with Crippen molar-refractivity contribution in [3.8, 4) is 17.3 Å². The number of nitriles is 1. The Labute approximate surface area is 196 Å². The summed E-state index contributed by atoms with van der Waals surface area (Å²) < 4.78 is 18.8. The van der Waals surface area contributed by atoms with Crippen molar-refractivity contribution >= 4 is 17.0 Å². The number of carbonyl (C=O) groups excluding carboxylic acids is 1. The topological polar surface area (TPSA) is 86.3 Å². The zero-order chi connectivity index (χ0) is 23.7. The number of aryl methyl sites for hydroxylation is 1. The Morgan fingerprint density at radius 2 is 1.79 bits per heavy atom. The van der Waals surface area contributed by atoms with Gasteiger partial charge in [0.1, 0.15) is 5.82 Å². The molecule has 170 valence electrons. The van der Waals surface area contributed by atoms with E-state index in [0.717, 1.165) is 25.2 Å². The third-order valence-corrected chi connectivity index (χ3v) is 6.14. The Kier molecular flexibility index (Phi) is 5.78. The lowest BCUT2D eigenvalue weighted by atomic mass is 10.0. The third kappa shape index (κ3) is 4.26.